The first kappa shape index (κ1) is 18.7. The molecule has 0 spiro atoms. The van der Waals surface area contributed by atoms with Gasteiger partial charge in [-0.25, -0.2) is 4.98 Å². The first-order valence-corrected chi connectivity index (χ1v) is 9.95. The van der Waals surface area contributed by atoms with Crippen molar-refractivity contribution in [1.82, 2.24) is 4.98 Å². The van der Waals surface area contributed by atoms with Gasteiger partial charge in [0.25, 0.3) is 0 Å². The van der Waals surface area contributed by atoms with Crippen LogP contribution in [0.4, 0.5) is 5.13 Å². The van der Waals surface area contributed by atoms with E-state index in [4.69, 9.17) is 0 Å². The van der Waals surface area contributed by atoms with Crippen LogP contribution in [0.25, 0.3) is 11.3 Å². The van der Waals surface area contributed by atoms with E-state index in [-0.39, 0.29) is 5.91 Å². The molecule has 130 valence electrons. The third kappa shape index (κ3) is 6.08. The van der Waals surface area contributed by atoms with Gasteiger partial charge in [0, 0.05) is 17.4 Å². The highest BCUT2D eigenvalue weighted by Gasteiger charge is 2.08. The van der Waals surface area contributed by atoms with E-state index in [0.29, 0.717) is 11.6 Å². The van der Waals surface area contributed by atoms with Gasteiger partial charge in [-0.1, -0.05) is 70.2 Å². The van der Waals surface area contributed by atoms with Gasteiger partial charge in [0.1, 0.15) is 0 Å². The number of aromatic nitrogens is 1. The summed E-state index contributed by atoms with van der Waals surface area (Å²) in [6.07, 6.45) is 8.80. The number of amides is 1. The molecule has 0 bridgehead atoms. The predicted molar refractivity (Wildman–Crippen MR) is 104 cm³/mol. The minimum atomic E-state index is 0.0766. The Morgan fingerprint density at radius 1 is 1.04 bits per heavy atom. The van der Waals surface area contributed by atoms with Gasteiger partial charge >= 0.3 is 0 Å². The van der Waals surface area contributed by atoms with Gasteiger partial charge in [0.15, 0.2) is 5.13 Å². The van der Waals surface area contributed by atoms with E-state index in [1.807, 2.05) is 5.38 Å². The van der Waals surface area contributed by atoms with Crippen molar-refractivity contribution < 1.29 is 4.79 Å². The minimum Gasteiger partial charge on any atom is -0.302 e. The average Bonchev–Trinajstić information content (AvgIpc) is 3.06. The lowest BCUT2D eigenvalue weighted by atomic mass is 10.1. The number of hydrogen-bond acceptors (Lipinski definition) is 3. The SMILES string of the molecule is CCCCCCCCC(=O)Nc1nc(-c2ccc(CC)cc2)cs1. The molecule has 1 heterocycles. The maximum absolute atomic E-state index is 12.0. The van der Waals surface area contributed by atoms with Gasteiger partial charge in [-0.3, -0.25) is 4.79 Å². The molecule has 0 saturated carbocycles. The highest BCUT2D eigenvalue weighted by molar-refractivity contribution is 7.14. The molecule has 2 aromatic rings. The maximum atomic E-state index is 12.0. The van der Waals surface area contributed by atoms with Gasteiger partial charge in [-0.2, -0.15) is 0 Å². The fourth-order valence-corrected chi connectivity index (χ4v) is 3.36. The largest absolute Gasteiger partial charge is 0.302 e. The summed E-state index contributed by atoms with van der Waals surface area (Å²) in [6, 6.07) is 8.45. The smallest absolute Gasteiger partial charge is 0.226 e. The lowest BCUT2D eigenvalue weighted by Gasteiger charge is -2.02. The van der Waals surface area contributed by atoms with E-state index in [1.165, 1.54) is 42.6 Å². The quantitative estimate of drug-likeness (QED) is 0.532. The molecule has 3 nitrogen and oxygen atoms in total. The van der Waals surface area contributed by atoms with Gasteiger partial charge < -0.3 is 5.32 Å². The van der Waals surface area contributed by atoms with E-state index < -0.39 is 0 Å². The van der Waals surface area contributed by atoms with E-state index in [1.54, 1.807) is 0 Å². The molecule has 0 aliphatic carbocycles. The Labute approximate surface area is 149 Å². The van der Waals surface area contributed by atoms with Crippen molar-refractivity contribution in [2.45, 2.75) is 65.2 Å². The van der Waals surface area contributed by atoms with Crippen molar-refractivity contribution in [3.63, 3.8) is 0 Å². The molecule has 0 atom stereocenters. The second-order valence-corrected chi connectivity index (χ2v) is 7.01. The Hall–Kier alpha value is -1.68. The second-order valence-electron chi connectivity index (χ2n) is 6.15. The van der Waals surface area contributed by atoms with E-state index in [9.17, 15) is 4.79 Å². The number of carbonyl (C=O) groups excluding carboxylic acids is 1. The Morgan fingerprint density at radius 3 is 2.46 bits per heavy atom. The van der Waals surface area contributed by atoms with Gasteiger partial charge in [0.2, 0.25) is 5.91 Å². The highest BCUT2D eigenvalue weighted by atomic mass is 32.1. The Bertz CT molecular complexity index is 619. The van der Waals surface area contributed by atoms with Crippen LogP contribution in [-0.4, -0.2) is 10.9 Å². The van der Waals surface area contributed by atoms with Crippen LogP contribution < -0.4 is 5.32 Å². The predicted octanol–water partition coefficient (Wildman–Crippen LogP) is 6.06. The molecule has 1 aromatic carbocycles. The van der Waals surface area contributed by atoms with Crippen molar-refractivity contribution >= 4 is 22.4 Å². The molecule has 0 aliphatic rings. The number of nitrogens with zero attached hydrogens (tertiary/aromatic N) is 1. The zero-order valence-corrected chi connectivity index (χ0v) is 15.6. The zero-order valence-electron chi connectivity index (χ0n) is 14.8. The van der Waals surface area contributed by atoms with Crippen LogP contribution in [0, 0.1) is 0 Å². The standard InChI is InChI=1S/C20H28N2OS/c1-3-5-6-7-8-9-10-19(23)22-20-21-18(15-24-20)17-13-11-16(4-2)12-14-17/h11-15H,3-10H2,1-2H3,(H,21,22,23). The molecule has 0 saturated heterocycles. The molecule has 24 heavy (non-hydrogen) atoms. The molecule has 1 N–H and O–H groups in total. The third-order valence-corrected chi connectivity index (χ3v) is 4.92. The molecule has 1 amide bonds. The van der Waals surface area contributed by atoms with Crippen LogP contribution in [-0.2, 0) is 11.2 Å². The Morgan fingerprint density at radius 2 is 1.75 bits per heavy atom. The van der Waals surface area contributed by atoms with Gasteiger partial charge in [-0.15, -0.1) is 11.3 Å². The van der Waals surface area contributed by atoms with E-state index >= 15 is 0 Å². The fourth-order valence-electron chi connectivity index (χ4n) is 2.62. The van der Waals surface area contributed by atoms with Crippen molar-refractivity contribution in [2.75, 3.05) is 5.32 Å². The second kappa shape index (κ2) is 10.2. The van der Waals surface area contributed by atoms with Crippen molar-refractivity contribution in [2.24, 2.45) is 0 Å². The van der Waals surface area contributed by atoms with Crippen LogP contribution >= 0.6 is 11.3 Å². The first-order valence-electron chi connectivity index (χ1n) is 9.07. The summed E-state index contributed by atoms with van der Waals surface area (Å²) < 4.78 is 0. The number of benzene rings is 1. The van der Waals surface area contributed by atoms with Crippen LogP contribution in [0.1, 0.15) is 64.4 Å². The normalized spacial score (nSPS) is 10.8. The van der Waals surface area contributed by atoms with Crippen LogP contribution in [0.2, 0.25) is 0 Å². The number of rotatable bonds is 10. The number of carbonyl (C=O) groups is 1. The molecule has 0 fully saturated rings. The van der Waals surface area contributed by atoms with Crippen LogP contribution in [0.3, 0.4) is 0 Å². The molecule has 1 aromatic heterocycles. The molecule has 0 radical (unpaired) electrons. The summed E-state index contributed by atoms with van der Waals surface area (Å²) in [7, 11) is 0. The number of anilines is 1. The molecule has 0 unspecified atom stereocenters. The van der Waals surface area contributed by atoms with Crippen LogP contribution in [0.15, 0.2) is 29.6 Å². The van der Waals surface area contributed by atoms with Crippen LogP contribution in [0.5, 0.6) is 0 Å². The average molecular weight is 345 g/mol. The summed E-state index contributed by atoms with van der Waals surface area (Å²) in [5.41, 5.74) is 3.35. The highest BCUT2D eigenvalue weighted by Crippen LogP contribution is 2.25. The number of hydrogen-bond donors (Lipinski definition) is 1. The number of unbranched alkanes of at least 4 members (excludes halogenated alkanes) is 5. The number of nitrogens with one attached hydrogen (secondary N) is 1. The molecule has 4 heteroatoms. The Kier molecular flexibility index (Phi) is 7.96. The monoisotopic (exact) mass is 344 g/mol. The van der Waals surface area contributed by atoms with E-state index in [2.05, 4.69) is 48.4 Å². The Balaban J connectivity index is 1.77. The number of thiazole rings is 1. The number of aryl methyl sites for hydroxylation is 1. The summed E-state index contributed by atoms with van der Waals surface area (Å²) in [4.78, 5) is 16.5. The van der Waals surface area contributed by atoms with Gasteiger partial charge in [0.05, 0.1) is 5.69 Å². The summed E-state index contributed by atoms with van der Waals surface area (Å²) >= 11 is 1.49. The van der Waals surface area contributed by atoms with Crippen molar-refractivity contribution in [3.05, 3.63) is 35.2 Å². The molecule has 2 rings (SSSR count). The zero-order chi connectivity index (χ0) is 17.2. The minimum absolute atomic E-state index is 0.0766. The lowest BCUT2D eigenvalue weighted by molar-refractivity contribution is -0.116. The summed E-state index contributed by atoms with van der Waals surface area (Å²) in [5.74, 6) is 0.0766. The van der Waals surface area contributed by atoms with Crippen molar-refractivity contribution in [1.29, 1.82) is 0 Å². The topological polar surface area (TPSA) is 42.0 Å². The molecular formula is C20H28N2OS. The summed E-state index contributed by atoms with van der Waals surface area (Å²) in [5, 5.41) is 5.62. The van der Waals surface area contributed by atoms with E-state index in [0.717, 1.165) is 30.5 Å². The van der Waals surface area contributed by atoms with Gasteiger partial charge in [-0.05, 0) is 18.4 Å². The first-order chi connectivity index (χ1) is 11.7. The summed E-state index contributed by atoms with van der Waals surface area (Å²) in [6.45, 7) is 4.36. The van der Waals surface area contributed by atoms with Crippen molar-refractivity contribution in [3.8, 4) is 11.3 Å². The lowest BCUT2D eigenvalue weighted by Crippen LogP contribution is -2.10. The fraction of sp³-hybridized carbons (Fsp3) is 0.500. The molecular weight excluding hydrogens is 316 g/mol. The molecule has 0 aliphatic heterocycles. The third-order valence-electron chi connectivity index (χ3n) is 4.17. The maximum Gasteiger partial charge on any atom is 0.226 e.